The summed E-state index contributed by atoms with van der Waals surface area (Å²) >= 11 is 0. The van der Waals surface area contributed by atoms with E-state index in [4.69, 9.17) is 5.73 Å². The minimum absolute atomic E-state index is 0.00104. The van der Waals surface area contributed by atoms with Gasteiger partial charge in [0.2, 0.25) is 0 Å². The van der Waals surface area contributed by atoms with Crippen LogP contribution in [0.2, 0.25) is 0 Å². The molecule has 0 amide bonds. The monoisotopic (exact) mass is 250 g/mol. The molecule has 19 heavy (non-hydrogen) atoms. The first kappa shape index (κ1) is 11.5. The largest absolute Gasteiger partial charge is 0.399 e. The summed E-state index contributed by atoms with van der Waals surface area (Å²) in [6, 6.07) is 19.0. The zero-order chi connectivity index (χ0) is 13.2. The lowest BCUT2D eigenvalue weighted by Crippen LogP contribution is -2.19. The summed E-state index contributed by atoms with van der Waals surface area (Å²) < 4.78 is 1.77. The first-order valence-corrected chi connectivity index (χ1v) is 6.17. The van der Waals surface area contributed by atoms with Crippen molar-refractivity contribution in [2.45, 2.75) is 6.54 Å². The summed E-state index contributed by atoms with van der Waals surface area (Å²) in [6.07, 6.45) is 0. The van der Waals surface area contributed by atoms with E-state index in [1.165, 1.54) is 0 Å². The van der Waals surface area contributed by atoms with E-state index in [1.54, 1.807) is 10.6 Å². The second-order valence-electron chi connectivity index (χ2n) is 4.56. The van der Waals surface area contributed by atoms with E-state index in [-0.39, 0.29) is 5.56 Å². The molecule has 3 aromatic rings. The minimum Gasteiger partial charge on any atom is -0.399 e. The number of anilines is 1. The summed E-state index contributed by atoms with van der Waals surface area (Å²) in [5.74, 6) is 0. The number of hydrogen-bond acceptors (Lipinski definition) is 2. The molecule has 3 heteroatoms. The normalized spacial score (nSPS) is 10.7. The number of rotatable bonds is 2. The second-order valence-corrected chi connectivity index (χ2v) is 4.56. The minimum atomic E-state index is 0.00104. The Morgan fingerprint density at radius 3 is 2.53 bits per heavy atom. The number of nitrogen functional groups attached to an aromatic ring is 1. The number of pyridine rings is 1. The fourth-order valence-corrected chi connectivity index (χ4v) is 2.25. The maximum Gasteiger partial charge on any atom is 0.251 e. The van der Waals surface area contributed by atoms with Crippen LogP contribution in [0.1, 0.15) is 5.56 Å². The van der Waals surface area contributed by atoms with Crippen LogP contribution in [0.15, 0.2) is 65.5 Å². The molecule has 0 aliphatic rings. The van der Waals surface area contributed by atoms with Crippen LogP contribution >= 0.6 is 0 Å². The number of hydrogen-bond donors (Lipinski definition) is 1. The number of nitrogens with two attached hydrogens (primary N) is 1. The maximum absolute atomic E-state index is 12.1. The van der Waals surface area contributed by atoms with Gasteiger partial charge in [0.25, 0.3) is 5.56 Å². The molecule has 0 radical (unpaired) electrons. The lowest BCUT2D eigenvalue weighted by molar-refractivity contribution is 0.795. The lowest BCUT2D eigenvalue weighted by atomic mass is 10.1. The van der Waals surface area contributed by atoms with Crippen LogP contribution in [-0.4, -0.2) is 4.57 Å². The van der Waals surface area contributed by atoms with Crippen LogP contribution in [0.5, 0.6) is 0 Å². The first-order chi connectivity index (χ1) is 9.24. The number of fused-ring (bicyclic) bond motifs is 1. The number of nitrogens with zero attached hydrogens (tertiary/aromatic N) is 1. The summed E-state index contributed by atoms with van der Waals surface area (Å²) in [6.45, 7) is 0.570. The number of aromatic nitrogens is 1. The molecular weight excluding hydrogens is 236 g/mol. The predicted octanol–water partition coefficient (Wildman–Crippen LogP) is 2.63. The van der Waals surface area contributed by atoms with Crippen molar-refractivity contribution in [3.8, 4) is 0 Å². The molecule has 1 heterocycles. The average molecular weight is 250 g/mol. The summed E-state index contributed by atoms with van der Waals surface area (Å²) in [5, 5.41) is 0.982. The van der Waals surface area contributed by atoms with Gasteiger partial charge >= 0.3 is 0 Å². The van der Waals surface area contributed by atoms with Crippen molar-refractivity contribution in [3.05, 3.63) is 76.6 Å². The van der Waals surface area contributed by atoms with Crippen LogP contribution in [0.4, 0.5) is 5.69 Å². The lowest BCUT2D eigenvalue weighted by Gasteiger charge is -2.10. The van der Waals surface area contributed by atoms with Crippen molar-refractivity contribution >= 4 is 16.6 Å². The second kappa shape index (κ2) is 4.61. The third-order valence-corrected chi connectivity index (χ3v) is 3.20. The van der Waals surface area contributed by atoms with Crippen molar-refractivity contribution in [2.24, 2.45) is 0 Å². The molecule has 0 aliphatic heterocycles. The van der Waals surface area contributed by atoms with Gasteiger partial charge in [0.1, 0.15) is 0 Å². The van der Waals surface area contributed by atoms with Crippen LogP contribution in [0.25, 0.3) is 10.9 Å². The standard InChI is InChI=1S/C16H14N2O/c17-14-7-8-15-13(10-14)6-9-16(19)18(15)11-12-4-2-1-3-5-12/h1-10H,11,17H2. The van der Waals surface area contributed by atoms with Crippen LogP contribution in [0.3, 0.4) is 0 Å². The van der Waals surface area contributed by atoms with Gasteiger partial charge in [-0.2, -0.15) is 0 Å². The highest BCUT2D eigenvalue weighted by Gasteiger charge is 2.04. The Labute approximate surface area is 110 Å². The molecule has 0 saturated heterocycles. The van der Waals surface area contributed by atoms with Crippen LogP contribution in [0, 0.1) is 0 Å². The molecule has 0 unspecified atom stereocenters. The quantitative estimate of drug-likeness (QED) is 0.711. The third-order valence-electron chi connectivity index (χ3n) is 3.20. The molecule has 2 N–H and O–H groups in total. The molecule has 0 atom stereocenters. The van der Waals surface area contributed by atoms with E-state index in [9.17, 15) is 4.79 Å². The highest BCUT2D eigenvalue weighted by Crippen LogP contribution is 2.16. The molecule has 1 aromatic heterocycles. The van der Waals surface area contributed by atoms with Gasteiger partial charge in [0.05, 0.1) is 12.1 Å². The van der Waals surface area contributed by atoms with E-state index < -0.39 is 0 Å². The van der Waals surface area contributed by atoms with E-state index in [1.807, 2.05) is 54.6 Å². The van der Waals surface area contributed by atoms with Crippen LogP contribution < -0.4 is 11.3 Å². The van der Waals surface area contributed by atoms with Gasteiger partial charge in [-0.05, 0) is 29.8 Å². The van der Waals surface area contributed by atoms with E-state index in [2.05, 4.69) is 0 Å². The molecule has 0 aliphatic carbocycles. The SMILES string of the molecule is Nc1ccc2c(ccc(=O)n2Cc2ccccc2)c1. The van der Waals surface area contributed by atoms with Crippen molar-refractivity contribution in [2.75, 3.05) is 5.73 Å². The Morgan fingerprint density at radius 2 is 1.74 bits per heavy atom. The topological polar surface area (TPSA) is 48.0 Å². The number of benzene rings is 2. The van der Waals surface area contributed by atoms with Gasteiger partial charge < -0.3 is 10.3 Å². The summed E-state index contributed by atoms with van der Waals surface area (Å²) in [4.78, 5) is 12.1. The van der Waals surface area contributed by atoms with Crippen molar-refractivity contribution in [1.82, 2.24) is 4.57 Å². The zero-order valence-corrected chi connectivity index (χ0v) is 10.4. The molecule has 0 saturated carbocycles. The zero-order valence-electron chi connectivity index (χ0n) is 10.4. The Morgan fingerprint density at radius 1 is 0.947 bits per heavy atom. The summed E-state index contributed by atoms with van der Waals surface area (Å²) in [7, 11) is 0. The van der Waals surface area contributed by atoms with Crippen LogP contribution in [-0.2, 0) is 6.54 Å². The van der Waals surface area contributed by atoms with Gasteiger partial charge in [-0.1, -0.05) is 30.3 Å². The van der Waals surface area contributed by atoms with Gasteiger partial charge in [0.15, 0.2) is 0 Å². The predicted molar refractivity (Wildman–Crippen MR) is 78.2 cm³/mol. The molecule has 3 nitrogen and oxygen atoms in total. The molecule has 0 fully saturated rings. The molecular formula is C16H14N2O. The third kappa shape index (κ3) is 2.22. The maximum atomic E-state index is 12.1. The van der Waals surface area contributed by atoms with Gasteiger partial charge in [0, 0.05) is 17.1 Å². The van der Waals surface area contributed by atoms with Gasteiger partial charge in [-0.25, -0.2) is 0 Å². The van der Waals surface area contributed by atoms with Gasteiger partial charge in [-0.15, -0.1) is 0 Å². The van der Waals surface area contributed by atoms with E-state index >= 15 is 0 Å². The smallest absolute Gasteiger partial charge is 0.251 e. The average Bonchev–Trinajstić information content (AvgIpc) is 2.43. The first-order valence-electron chi connectivity index (χ1n) is 6.17. The van der Waals surface area contributed by atoms with Crippen molar-refractivity contribution < 1.29 is 0 Å². The molecule has 2 aromatic carbocycles. The van der Waals surface area contributed by atoms with Crippen molar-refractivity contribution in [1.29, 1.82) is 0 Å². The molecule has 0 bridgehead atoms. The Bertz CT molecular complexity index is 776. The van der Waals surface area contributed by atoms with Gasteiger partial charge in [-0.3, -0.25) is 4.79 Å². The molecule has 3 rings (SSSR count). The fraction of sp³-hybridized carbons (Fsp3) is 0.0625. The molecule has 0 spiro atoms. The highest BCUT2D eigenvalue weighted by atomic mass is 16.1. The fourth-order valence-electron chi connectivity index (χ4n) is 2.25. The Kier molecular flexibility index (Phi) is 2.80. The highest BCUT2D eigenvalue weighted by molar-refractivity contribution is 5.82. The van der Waals surface area contributed by atoms with Crippen molar-refractivity contribution in [3.63, 3.8) is 0 Å². The Balaban J connectivity index is 2.17. The van der Waals surface area contributed by atoms with E-state index in [0.717, 1.165) is 16.5 Å². The Hall–Kier alpha value is -2.55. The van der Waals surface area contributed by atoms with E-state index in [0.29, 0.717) is 12.2 Å². The molecule has 94 valence electrons. The summed E-state index contributed by atoms with van der Waals surface area (Å²) in [5.41, 5.74) is 8.50.